The van der Waals surface area contributed by atoms with Crippen molar-refractivity contribution in [2.24, 2.45) is 0 Å². The Kier molecular flexibility index (Phi) is 7.33. The summed E-state index contributed by atoms with van der Waals surface area (Å²) in [5, 5.41) is 9.75. The van der Waals surface area contributed by atoms with Crippen LogP contribution in [0.3, 0.4) is 0 Å². The Morgan fingerprint density at radius 1 is 0.844 bits per heavy atom. The summed E-state index contributed by atoms with van der Waals surface area (Å²) in [7, 11) is 0. The zero-order chi connectivity index (χ0) is 22.3. The molecule has 1 saturated heterocycles. The Bertz CT molecular complexity index is 993. The van der Waals surface area contributed by atoms with Gasteiger partial charge in [-0.1, -0.05) is 24.6 Å². The number of nitrogens with zero attached hydrogens (tertiary/aromatic N) is 2. The topological polar surface area (TPSA) is 35.9 Å². The van der Waals surface area contributed by atoms with E-state index in [0.29, 0.717) is 0 Å². The van der Waals surface area contributed by atoms with Crippen molar-refractivity contribution in [3.05, 3.63) is 83.4 Å². The molecule has 1 N–H and O–H groups in total. The predicted molar refractivity (Wildman–Crippen MR) is 132 cm³/mol. The number of phenols is 1. The molecule has 4 rings (SSSR count). The molecule has 32 heavy (non-hydrogen) atoms. The van der Waals surface area contributed by atoms with Gasteiger partial charge >= 0.3 is 0 Å². The van der Waals surface area contributed by atoms with Gasteiger partial charge in [-0.25, -0.2) is 0 Å². The zero-order valence-corrected chi connectivity index (χ0v) is 19.3. The van der Waals surface area contributed by atoms with Crippen molar-refractivity contribution in [3.63, 3.8) is 0 Å². The first-order valence-electron chi connectivity index (χ1n) is 11.7. The summed E-state index contributed by atoms with van der Waals surface area (Å²) in [5.74, 6) is 1.18. The minimum atomic E-state index is 0.276. The first kappa shape index (κ1) is 22.2. The maximum absolute atomic E-state index is 9.75. The Labute approximate surface area is 192 Å². The summed E-state index contributed by atoms with van der Waals surface area (Å²) in [6.07, 6.45) is 3.98. The van der Waals surface area contributed by atoms with Gasteiger partial charge in [-0.3, -0.25) is 4.90 Å². The van der Waals surface area contributed by atoms with Gasteiger partial charge in [-0.2, -0.15) is 0 Å². The molecule has 0 spiro atoms. The SMILES string of the molecule is Cc1cccc(CN(c2ccc(O)cc2)c2ccc(OCCN3CCCCC3)cc2)c1C. The lowest BCUT2D eigenvalue weighted by atomic mass is 10.0. The smallest absolute Gasteiger partial charge is 0.119 e. The highest BCUT2D eigenvalue weighted by molar-refractivity contribution is 5.65. The number of piperidine rings is 1. The third-order valence-electron chi connectivity index (χ3n) is 6.48. The van der Waals surface area contributed by atoms with Crippen LogP contribution in [0.4, 0.5) is 11.4 Å². The highest BCUT2D eigenvalue weighted by Crippen LogP contribution is 2.31. The molecule has 3 aromatic carbocycles. The number of aromatic hydroxyl groups is 1. The van der Waals surface area contributed by atoms with E-state index in [1.165, 1.54) is 49.0 Å². The number of likely N-dealkylation sites (tertiary alicyclic amines) is 1. The molecule has 0 atom stereocenters. The van der Waals surface area contributed by atoms with Crippen LogP contribution in [0.15, 0.2) is 66.7 Å². The third kappa shape index (κ3) is 5.63. The average molecular weight is 431 g/mol. The second-order valence-corrected chi connectivity index (χ2v) is 8.71. The van der Waals surface area contributed by atoms with E-state index in [0.717, 1.165) is 36.8 Å². The van der Waals surface area contributed by atoms with Gasteiger partial charge in [0.2, 0.25) is 0 Å². The van der Waals surface area contributed by atoms with Gasteiger partial charge in [0.15, 0.2) is 0 Å². The molecule has 1 aliphatic heterocycles. The van der Waals surface area contributed by atoms with Crippen LogP contribution in [-0.4, -0.2) is 36.2 Å². The fourth-order valence-corrected chi connectivity index (χ4v) is 4.32. The van der Waals surface area contributed by atoms with Gasteiger partial charge in [-0.05, 0) is 105 Å². The van der Waals surface area contributed by atoms with Gasteiger partial charge in [0.25, 0.3) is 0 Å². The number of hydrogen-bond acceptors (Lipinski definition) is 4. The minimum absolute atomic E-state index is 0.276. The van der Waals surface area contributed by atoms with Crippen LogP contribution in [0.1, 0.15) is 36.0 Å². The molecule has 0 aromatic heterocycles. The molecule has 0 amide bonds. The van der Waals surface area contributed by atoms with E-state index in [4.69, 9.17) is 4.74 Å². The number of aryl methyl sites for hydroxylation is 1. The highest BCUT2D eigenvalue weighted by atomic mass is 16.5. The van der Waals surface area contributed by atoms with Crippen LogP contribution in [0.25, 0.3) is 0 Å². The van der Waals surface area contributed by atoms with Crippen molar-refractivity contribution in [2.45, 2.75) is 39.7 Å². The van der Waals surface area contributed by atoms with Gasteiger partial charge in [-0.15, -0.1) is 0 Å². The summed E-state index contributed by atoms with van der Waals surface area (Å²) in [6, 6.07) is 22.2. The van der Waals surface area contributed by atoms with Crippen molar-refractivity contribution in [3.8, 4) is 11.5 Å². The summed E-state index contributed by atoms with van der Waals surface area (Å²) in [6.45, 7) is 9.20. The quantitative estimate of drug-likeness (QED) is 0.461. The van der Waals surface area contributed by atoms with E-state index in [9.17, 15) is 5.11 Å². The van der Waals surface area contributed by atoms with Crippen molar-refractivity contribution in [1.82, 2.24) is 4.90 Å². The van der Waals surface area contributed by atoms with Gasteiger partial charge < -0.3 is 14.7 Å². The van der Waals surface area contributed by atoms with Crippen LogP contribution in [0.5, 0.6) is 11.5 Å². The second-order valence-electron chi connectivity index (χ2n) is 8.71. The molecule has 0 unspecified atom stereocenters. The number of anilines is 2. The fourth-order valence-electron chi connectivity index (χ4n) is 4.32. The molecule has 0 saturated carbocycles. The first-order chi connectivity index (χ1) is 15.6. The third-order valence-corrected chi connectivity index (χ3v) is 6.48. The number of benzene rings is 3. The lowest BCUT2D eigenvalue weighted by molar-refractivity contribution is 0.183. The van der Waals surface area contributed by atoms with Gasteiger partial charge in [0, 0.05) is 24.5 Å². The summed E-state index contributed by atoms with van der Waals surface area (Å²) < 4.78 is 6.02. The first-order valence-corrected chi connectivity index (χ1v) is 11.7. The molecule has 3 aromatic rings. The monoisotopic (exact) mass is 430 g/mol. The summed E-state index contributed by atoms with van der Waals surface area (Å²) in [4.78, 5) is 4.77. The number of rotatable bonds is 8. The van der Waals surface area contributed by atoms with Crippen LogP contribution in [0, 0.1) is 13.8 Å². The zero-order valence-electron chi connectivity index (χ0n) is 19.3. The van der Waals surface area contributed by atoms with Crippen molar-refractivity contribution < 1.29 is 9.84 Å². The Morgan fingerprint density at radius 2 is 1.50 bits per heavy atom. The average Bonchev–Trinajstić information content (AvgIpc) is 2.82. The number of ether oxygens (including phenoxy) is 1. The van der Waals surface area contributed by atoms with Crippen LogP contribution < -0.4 is 9.64 Å². The van der Waals surface area contributed by atoms with Crippen LogP contribution >= 0.6 is 0 Å². The van der Waals surface area contributed by atoms with Gasteiger partial charge in [0.1, 0.15) is 18.1 Å². The standard InChI is InChI=1S/C28H34N2O2/c1-22-7-6-8-24(23(22)2)21-30(25-9-13-27(31)14-10-25)26-11-15-28(16-12-26)32-20-19-29-17-4-3-5-18-29/h6-16,31H,3-5,17-21H2,1-2H3. The predicted octanol–water partition coefficient (Wildman–Crippen LogP) is 6.21. The molecule has 0 radical (unpaired) electrons. The van der Waals surface area contributed by atoms with Crippen molar-refractivity contribution in [2.75, 3.05) is 31.1 Å². The van der Waals surface area contributed by atoms with E-state index in [-0.39, 0.29) is 5.75 Å². The van der Waals surface area contributed by atoms with Crippen molar-refractivity contribution in [1.29, 1.82) is 0 Å². The molecule has 1 aliphatic rings. The second kappa shape index (κ2) is 10.6. The minimum Gasteiger partial charge on any atom is -0.508 e. The van der Waals surface area contributed by atoms with E-state index in [1.807, 2.05) is 12.1 Å². The summed E-state index contributed by atoms with van der Waals surface area (Å²) in [5.41, 5.74) is 6.04. The lowest BCUT2D eigenvalue weighted by Crippen LogP contribution is -2.33. The van der Waals surface area contributed by atoms with E-state index < -0.39 is 0 Å². The number of phenolic OH excluding ortho intramolecular Hbond substituents is 1. The summed E-state index contributed by atoms with van der Waals surface area (Å²) >= 11 is 0. The molecule has 0 bridgehead atoms. The molecule has 4 heteroatoms. The van der Waals surface area contributed by atoms with E-state index >= 15 is 0 Å². The molecule has 0 aliphatic carbocycles. The Balaban J connectivity index is 1.49. The fraction of sp³-hybridized carbons (Fsp3) is 0.357. The van der Waals surface area contributed by atoms with Gasteiger partial charge in [0.05, 0.1) is 0 Å². The van der Waals surface area contributed by atoms with Crippen molar-refractivity contribution >= 4 is 11.4 Å². The van der Waals surface area contributed by atoms with E-state index in [1.54, 1.807) is 12.1 Å². The largest absolute Gasteiger partial charge is 0.508 e. The highest BCUT2D eigenvalue weighted by Gasteiger charge is 2.13. The van der Waals surface area contributed by atoms with E-state index in [2.05, 4.69) is 66.1 Å². The Morgan fingerprint density at radius 3 is 2.19 bits per heavy atom. The molecular weight excluding hydrogens is 396 g/mol. The lowest BCUT2D eigenvalue weighted by Gasteiger charge is -2.27. The Hall–Kier alpha value is -2.98. The van der Waals surface area contributed by atoms with Crippen LogP contribution in [-0.2, 0) is 6.54 Å². The number of hydrogen-bond donors (Lipinski definition) is 1. The molecule has 168 valence electrons. The van der Waals surface area contributed by atoms with Crippen LogP contribution in [0.2, 0.25) is 0 Å². The maximum atomic E-state index is 9.75. The molecule has 1 fully saturated rings. The molecular formula is C28H34N2O2. The normalized spacial score (nSPS) is 14.3. The molecule has 1 heterocycles. The maximum Gasteiger partial charge on any atom is 0.119 e. The molecule has 4 nitrogen and oxygen atoms in total.